The molecular weight excluding hydrogens is 350 g/mol. The van der Waals surface area contributed by atoms with Gasteiger partial charge in [0.15, 0.2) is 17.5 Å². The molecule has 1 aromatic heterocycles. The molecule has 0 unspecified atom stereocenters. The predicted molar refractivity (Wildman–Crippen MR) is 105 cm³/mol. The van der Waals surface area contributed by atoms with Gasteiger partial charge in [0.1, 0.15) is 5.69 Å². The van der Waals surface area contributed by atoms with Gasteiger partial charge in [-0.15, -0.1) is 0 Å². The van der Waals surface area contributed by atoms with Crippen LogP contribution in [0.5, 0.6) is 0 Å². The van der Waals surface area contributed by atoms with Gasteiger partial charge in [-0.1, -0.05) is 18.2 Å². The van der Waals surface area contributed by atoms with E-state index in [-0.39, 0.29) is 11.2 Å². The number of amidine groups is 1. The van der Waals surface area contributed by atoms with E-state index in [9.17, 15) is 8.78 Å². The number of benzene rings is 2. The fourth-order valence-corrected chi connectivity index (χ4v) is 3.37. The van der Waals surface area contributed by atoms with E-state index in [1.807, 2.05) is 49.1 Å². The number of aromatic nitrogens is 1. The number of rotatable bonds is 5. The Morgan fingerprint density at radius 2 is 1.78 bits per heavy atom. The Morgan fingerprint density at radius 3 is 2.33 bits per heavy atom. The molecule has 5 N–H and O–H groups in total. The van der Waals surface area contributed by atoms with Gasteiger partial charge in [0, 0.05) is 18.8 Å². The number of hydrogen-bond acceptors (Lipinski definition) is 4. The first kappa shape index (κ1) is 18.7. The van der Waals surface area contributed by atoms with Gasteiger partial charge in [-0.05, 0) is 38.1 Å². The standard InChI is InChI=1S/C19H22F2N6/c1-3-26(4-2)17-15-14(11-10-13(20)16(15)21)27(12-8-6-5-7-9-12)18(17)19(24-22)25-23/h5-11H,3-4,22-23H2,1-2H3,(H,24,25). The molecule has 0 spiro atoms. The third-order valence-electron chi connectivity index (χ3n) is 4.58. The van der Waals surface area contributed by atoms with Crippen molar-refractivity contribution in [3.63, 3.8) is 0 Å². The van der Waals surface area contributed by atoms with Gasteiger partial charge in [0.25, 0.3) is 0 Å². The highest BCUT2D eigenvalue weighted by Crippen LogP contribution is 2.38. The topological polar surface area (TPSA) is 84.6 Å². The third kappa shape index (κ3) is 2.97. The van der Waals surface area contributed by atoms with Crippen molar-refractivity contribution in [2.24, 2.45) is 16.8 Å². The Labute approximate surface area is 156 Å². The maximum absolute atomic E-state index is 14.9. The van der Waals surface area contributed by atoms with Crippen molar-refractivity contribution in [3.05, 3.63) is 59.8 Å². The molecular formula is C19H22F2N6. The summed E-state index contributed by atoms with van der Waals surface area (Å²) in [7, 11) is 0. The molecule has 0 amide bonds. The Bertz CT molecular complexity index is 977. The molecule has 0 aliphatic heterocycles. The minimum Gasteiger partial charge on any atom is -0.370 e. The SMILES string of the molecule is CCN(CC)c1c(/C(=N/N)NN)n(-c2ccccc2)c2ccc(F)c(F)c12. The highest BCUT2D eigenvalue weighted by Gasteiger charge is 2.28. The summed E-state index contributed by atoms with van der Waals surface area (Å²) in [5, 5.41) is 3.90. The van der Waals surface area contributed by atoms with Crippen LogP contribution in [0.4, 0.5) is 14.5 Å². The summed E-state index contributed by atoms with van der Waals surface area (Å²) < 4.78 is 30.8. The summed E-state index contributed by atoms with van der Waals surface area (Å²) in [6, 6.07) is 12.0. The number of fused-ring (bicyclic) bond motifs is 1. The zero-order chi connectivity index (χ0) is 19.6. The van der Waals surface area contributed by atoms with Crippen LogP contribution in [-0.4, -0.2) is 23.5 Å². The number of hydrazine groups is 1. The van der Waals surface area contributed by atoms with E-state index < -0.39 is 11.6 Å². The van der Waals surface area contributed by atoms with Crippen LogP contribution in [0.15, 0.2) is 47.6 Å². The molecule has 0 saturated carbocycles. The van der Waals surface area contributed by atoms with Gasteiger partial charge in [-0.2, -0.15) is 5.10 Å². The van der Waals surface area contributed by atoms with Crippen molar-refractivity contribution < 1.29 is 8.78 Å². The fourth-order valence-electron chi connectivity index (χ4n) is 3.37. The van der Waals surface area contributed by atoms with Gasteiger partial charge in [0.2, 0.25) is 0 Å². The van der Waals surface area contributed by atoms with E-state index >= 15 is 0 Å². The monoisotopic (exact) mass is 372 g/mol. The number of halogens is 2. The molecule has 0 aliphatic carbocycles. The van der Waals surface area contributed by atoms with Crippen LogP contribution >= 0.6 is 0 Å². The summed E-state index contributed by atoms with van der Waals surface area (Å²) >= 11 is 0. The number of hydrazone groups is 1. The van der Waals surface area contributed by atoms with Gasteiger partial charge in [-0.3, -0.25) is 0 Å². The van der Waals surface area contributed by atoms with Gasteiger partial charge in [-0.25, -0.2) is 14.6 Å². The number of nitrogens with two attached hydrogens (primary N) is 2. The molecule has 0 radical (unpaired) electrons. The number of para-hydroxylation sites is 1. The lowest BCUT2D eigenvalue weighted by molar-refractivity contribution is 0.517. The van der Waals surface area contributed by atoms with E-state index in [0.717, 1.165) is 11.8 Å². The van der Waals surface area contributed by atoms with E-state index in [0.29, 0.717) is 30.0 Å². The average molecular weight is 372 g/mol. The molecule has 2 aromatic carbocycles. The van der Waals surface area contributed by atoms with Crippen LogP contribution in [0.2, 0.25) is 0 Å². The lowest BCUT2D eigenvalue weighted by Gasteiger charge is -2.23. The van der Waals surface area contributed by atoms with Crippen molar-refractivity contribution in [1.29, 1.82) is 0 Å². The van der Waals surface area contributed by atoms with Crippen molar-refractivity contribution in [2.45, 2.75) is 13.8 Å². The minimum absolute atomic E-state index is 0.161. The second-order valence-corrected chi connectivity index (χ2v) is 5.92. The van der Waals surface area contributed by atoms with Crippen LogP contribution in [0.25, 0.3) is 16.6 Å². The molecule has 27 heavy (non-hydrogen) atoms. The van der Waals surface area contributed by atoms with Crippen molar-refractivity contribution >= 4 is 22.4 Å². The lowest BCUT2D eigenvalue weighted by atomic mass is 10.1. The molecule has 6 nitrogen and oxygen atoms in total. The van der Waals surface area contributed by atoms with Gasteiger partial charge in [0.05, 0.1) is 16.6 Å². The average Bonchev–Trinajstić information content (AvgIpc) is 3.03. The smallest absolute Gasteiger partial charge is 0.186 e. The molecule has 0 saturated heterocycles. The third-order valence-corrected chi connectivity index (χ3v) is 4.58. The Balaban J connectivity index is 2.56. The summed E-state index contributed by atoms with van der Waals surface area (Å²) in [6.07, 6.45) is 0. The molecule has 0 aliphatic rings. The Kier molecular flexibility index (Phi) is 5.27. The highest BCUT2D eigenvalue weighted by atomic mass is 19.2. The largest absolute Gasteiger partial charge is 0.370 e. The van der Waals surface area contributed by atoms with E-state index in [1.165, 1.54) is 0 Å². The molecule has 0 fully saturated rings. The van der Waals surface area contributed by atoms with E-state index in [1.54, 1.807) is 10.6 Å². The Hall–Kier alpha value is -3.13. The quantitative estimate of drug-likeness (QED) is 0.278. The second-order valence-electron chi connectivity index (χ2n) is 5.92. The summed E-state index contributed by atoms with van der Waals surface area (Å²) in [6.45, 7) is 5.03. The summed E-state index contributed by atoms with van der Waals surface area (Å²) in [5.74, 6) is 9.52. The van der Waals surface area contributed by atoms with Crippen LogP contribution in [0.3, 0.4) is 0 Å². The molecule has 0 bridgehead atoms. The summed E-state index contributed by atoms with van der Waals surface area (Å²) in [5.41, 5.74) is 4.67. The highest BCUT2D eigenvalue weighted by molar-refractivity contribution is 6.12. The molecule has 142 valence electrons. The second kappa shape index (κ2) is 7.63. The minimum atomic E-state index is -0.918. The molecule has 8 heteroatoms. The number of nitrogens with zero attached hydrogens (tertiary/aromatic N) is 3. The summed E-state index contributed by atoms with van der Waals surface area (Å²) in [4.78, 5) is 1.92. The normalized spacial score (nSPS) is 11.8. The zero-order valence-corrected chi connectivity index (χ0v) is 15.2. The predicted octanol–water partition coefficient (Wildman–Crippen LogP) is 2.84. The molecule has 3 aromatic rings. The molecule has 3 rings (SSSR count). The van der Waals surface area contributed by atoms with Crippen molar-refractivity contribution in [2.75, 3.05) is 18.0 Å². The number of hydrogen-bond donors (Lipinski definition) is 3. The zero-order valence-electron chi connectivity index (χ0n) is 15.2. The first-order chi connectivity index (χ1) is 13.1. The first-order valence-corrected chi connectivity index (χ1v) is 8.66. The van der Waals surface area contributed by atoms with E-state index in [2.05, 4.69) is 10.5 Å². The van der Waals surface area contributed by atoms with Crippen LogP contribution in [0, 0.1) is 11.6 Å². The molecule has 0 atom stereocenters. The van der Waals surface area contributed by atoms with Crippen LogP contribution in [-0.2, 0) is 0 Å². The maximum Gasteiger partial charge on any atom is 0.186 e. The molecule has 1 heterocycles. The Morgan fingerprint density at radius 1 is 1.11 bits per heavy atom. The first-order valence-electron chi connectivity index (χ1n) is 8.66. The van der Waals surface area contributed by atoms with Gasteiger partial charge >= 0.3 is 0 Å². The number of nitrogens with one attached hydrogen (secondary N) is 1. The number of anilines is 1. The fraction of sp³-hybridized carbons (Fsp3) is 0.211. The lowest BCUT2D eigenvalue weighted by Crippen LogP contribution is -2.35. The van der Waals surface area contributed by atoms with E-state index in [4.69, 9.17) is 11.7 Å². The van der Waals surface area contributed by atoms with Crippen LogP contribution in [0.1, 0.15) is 19.5 Å². The van der Waals surface area contributed by atoms with Crippen molar-refractivity contribution in [3.8, 4) is 5.69 Å². The van der Waals surface area contributed by atoms with Gasteiger partial charge < -0.3 is 20.7 Å². The maximum atomic E-state index is 14.9. The van der Waals surface area contributed by atoms with Crippen LogP contribution < -0.4 is 22.0 Å². The van der Waals surface area contributed by atoms with Crippen molar-refractivity contribution in [1.82, 2.24) is 9.99 Å².